The van der Waals surface area contributed by atoms with Crippen LogP contribution in [0.15, 0.2) is 29.2 Å². The maximum Gasteiger partial charge on any atom is 0.243 e. The Morgan fingerprint density at radius 1 is 1.15 bits per heavy atom. The summed E-state index contributed by atoms with van der Waals surface area (Å²) in [7, 11) is -3.49. The van der Waals surface area contributed by atoms with Crippen molar-refractivity contribution in [3.05, 3.63) is 30.1 Å². The minimum Gasteiger partial charge on any atom is -0.298 e. The fraction of sp³-hybridized carbons (Fsp3) is 0.571. The van der Waals surface area contributed by atoms with Gasteiger partial charge in [0.2, 0.25) is 10.0 Å². The summed E-state index contributed by atoms with van der Waals surface area (Å²) in [6.07, 6.45) is 1.06. The molecule has 1 aliphatic heterocycles. The average molecular weight is 300 g/mol. The molecule has 2 rings (SSSR count). The molecule has 6 heteroatoms. The molecule has 0 aromatic heterocycles. The molecule has 1 aromatic carbocycles. The summed E-state index contributed by atoms with van der Waals surface area (Å²) in [4.78, 5) is 2.47. The monoisotopic (exact) mass is 300 g/mol. The van der Waals surface area contributed by atoms with Crippen molar-refractivity contribution in [2.24, 2.45) is 0 Å². The maximum atomic E-state index is 12.9. The van der Waals surface area contributed by atoms with Crippen LogP contribution in [0, 0.1) is 5.82 Å². The van der Waals surface area contributed by atoms with Crippen LogP contribution in [0.4, 0.5) is 4.39 Å². The van der Waals surface area contributed by atoms with E-state index < -0.39 is 15.8 Å². The van der Waals surface area contributed by atoms with E-state index in [9.17, 15) is 12.8 Å². The molecule has 1 aromatic rings. The Bertz CT molecular complexity index is 537. The summed E-state index contributed by atoms with van der Waals surface area (Å²) >= 11 is 0. The molecule has 0 unspecified atom stereocenters. The molecular formula is C14H21FN2O2S. The molecule has 1 aliphatic rings. The van der Waals surface area contributed by atoms with Crippen molar-refractivity contribution in [1.29, 1.82) is 0 Å². The maximum absolute atomic E-state index is 12.9. The first-order valence-electron chi connectivity index (χ1n) is 6.95. The van der Waals surface area contributed by atoms with Gasteiger partial charge in [-0.1, -0.05) is 6.92 Å². The Balaban J connectivity index is 2.07. The number of benzene rings is 1. The first-order valence-corrected chi connectivity index (χ1v) is 8.39. The molecule has 0 amide bonds. The fourth-order valence-electron chi connectivity index (χ4n) is 2.40. The highest BCUT2D eigenvalue weighted by atomic mass is 32.2. The molecular weight excluding hydrogens is 279 g/mol. The van der Waals surface area contributed by atoms with Crippen LogP contribution in [0.25, 0.3) is 0 Å². The lowest BCUT2D eigenvalue weighted by molar-refractivity contribution is 0.142. The zero-order valence-electron chi connectivity index (χ0n) is 11.9. The first kappa shape index (κ1) is 15.4. The van der Waals surface area contributed by atoms with E-state index in [1.807, 2.05) is 0 Å². The number of halogens is 1. The molecule has 4 nitrogen and oxygen atoms in total. The smallest absolute Gasteiger partial charge is 0.243 e. The highest BCUT2D eigenvalue weighted by Gasteiger charge is 2.29. The Morgan fingerprint density at radius 2 is 1.70 bits per heavy atom. The van der Waals surface area contributed by atoms with Gasteiger partial charge in [0.25, 0.3) is 0 Å². The van der Waals surface area contributed by atoms with Crippen LogP contribution < -0.4 is 0 Å². The highest BCUT2D eigenvalue weighted by Crippen LogP contribution is 2.19. The molecule has 0 radical (unpaired) electrons. The highest BCUT2D eigenvalue weighted by molar-refractivity contribution is 7.89. The second-order valence-corrected chi connectivity index (χ2v) is 7.09. The topological polar surface area (TPSA) is 40.6 Å². The molecule has 1 fully saturated rings. The number of hydrogen-bond acceptors (Lipinski definition) is 3. The van der Waals surface area contributed by atoms with Crippen molar-refractivity contribution < 1.29 is 12.8 Å². The van der Waals surface area contributed by atoms with Crippen LogP contribution in [0.5, 0.6) is 0 Å². The van der Waals surface area contributed by atoms with Crippen molar-refractivity contribution in [1.82, 2.24) is 9.21 Å². The van der Waals surface area contributed by atoms with Gasteiger partial charge in [0, 0.05) is 32.2 Å². The summed E-state index contributed by atoms with van der Waals surface area (Å²) in [6.45, 7) is 6.76. The number of rotatable bonds is 4. The third-order valence-corrected chi connectivity index (χ3v) is 5.85. The Morgan fingerprint density at radius 3 is 2.20 bits per heavy atom. The Labute approximate surface area is 120 Å². The predicted molar refractivity (Wildman–Crippen MR) is 76.5 cm³/mol. The normalized spacial score (nSPS) is 19.9. The van der Waals surface area contributed by atoms with E-state index in [-0.39, 0.29) is 4.90 Å². The molecule has 0 bridgehead atoms. The van der Waals surface area contributed by atoms with Gasteiger partial charge in [-0.25, -0.2) is 12.8 Å². The first-order chi connectivity index (χ1) is 9.45. The van der Waals surface area contributed by atoms with Gasteiger partial charge in [-0.3, -0.25) is 4.90 Å². The van der Waals surface area contributed by atoms with Crippen LogP contribution in [-0.2, 0) is 10.0 Å². The van der Waals surface area contributed by atoms with E-state index in [4.69, 9.17) is 0 Å². The SMILES string of the molecule is CC[C@H](C)N1CCN(S(=O)(=O)c2ccc(F)cc2)CC1. The van der Waals surface area contributed by atoms with Gasteiger partial charge in [0.15, 0.2) is 0 Å². The molecule has 112 valence electrons. The predicted octanol–water partition coefficient (Wildman–Crippen LogP) is 1.93. The van der Waals surface area contributed by atoms with Gasteiger partial charge >= 0.3 is 0 Å². The number of sulfonamides is 1. The third-order valence-electron chi connectivity index (χ3n) is 3.94. The van der Waals surface area contributed by atoms with E-state index in [0.717, 1.165) is 19.5 Å². The minimum absolute atomic E-state index is 0.163. The van der Waals surface area contributed by atoms with Gasteiger partial charge in [-0.15, -0.1) is 0 Å². The zero-order valence-corrected chi connectivity index (χ0v) is 12.7. The van der Waals surface area contributed by atoms with Crippen LogP contribution in [0.2, 0.25) is 0 Å². The quantitative estimate of drug-likeness (QED) is 0.853. The zero-order chi connectivity index (χ0) is 14.8. The lowest BCUT2D eigenvalue weighted by Crippen LogP contribution is -2.51. The molecule has 0 spiro atoms. The van der Waals surface area contributed by atoms with Crippen LogP contribution in [-0.4, -0.2) is 49.8 Å². The average Bonchev–Trinajstić information content (AvgIpc) is 2.47. The second-order valence-electron chi connectivity index (χ2n) is 5.15. The molecule has 1 atom stereocenters. The second kappa shape index (κ2) is 6.20. The largest absolute Gasteiger partial charge is 0.298 e. The summed E-state index contributed by atoms with van der Waals surface area (Å²) in [5.74, 6) is -0.425. The standard InChI is InChI=1S/C14H21FN2O2S/c1-3-12(2)16-8-10-17(11-9-16)20(18,19)14-6-4-13(15)5-7-14/h4-7,12H,3,8-11H2,1-2H3/t12-/m0/s1. The summed E-state index contributed by atoms with van der Waals surface area (Å²) < 4.78 is 39.2. The van der Waals surface area contributed by atoms with Crippen molar-refractivity contribution in [2.75, 3.05) is 26.2 Å². The third kappa shape index (κ3) is 3.19. The van der Waals surface area contributed by atoms with Crippen molar-refractivity contribution in [2.45, 2.75) is 31.2 Å². The molecule has 1 saturated heterocycles. The molecule has 0 N–H and O–H groups in total. The minimum atomic E-state index is -3.49. The summed E-state index contributed by atoms with van der Waals surface area (Å²) in [5, 5.41) is 0. The van der Waals surface area contributed by atoms with Gasteiger partial charge in [0.1, 0.15) is 5.82 Å². The molecule has 1 heterocycles. The fourth-order valence-corrected chi connectivity index (χ4v) is 3.82. The van der Waals surface area contributed by atoms with Crippen molar-refractivity contribution in [3.8, 4) is 0 Å². The van der Waals surface area contributed by atoms with E-state index in [1.165, 1.54) is 28.6 Å². The lowest BCUT2D eigenvalue weighted by Gasteiger charge is -2.37. The van der Waals surface area contributed by atoms with Gasteiger partial charge < -0.3 is 0 Å². The van der Waals surface area contributed by atoms with Crippen molar-refractivity contribution >= 4 is 10.0 Å². The van der Waals surface area contributed by atoms with Crippen molar-refractivity contribution in [3.63, 3.8) is 0 Å². The molecule has 20 heavy (non-hydrogen) atoms. The van der Waals surface area contributed by atoms with E-state index in [2.05, 4.69) is 18.7 Å². The number of piperazine rings is 1. The molecule has 0 saturated carbocycles. The Kier molecular flexibility index (Phi) is 4.78. The summed E-state index contributed by atoms with van der Waals surface area (Å²) in [5.41, 5.74) is 0. The van der Waals surface area contributed by atoms with E-state index in [0.29, 0.717) is 19.1 Å². The van der Waals surface area contributed by atoms with E-state index in [1.54, 1.807) is 0 Å². The Hall–Kier alpha value is -0.980. The van der Waals surface area contributed by atoms with Crippen LogP contribution >= 0.6 is 0 Å². The summed E-state index contributed by atoms with van der Waals surface area (Å²) in [6, 6.07) is 5.49. The van der Waals surface area contributed by atoms with Gasteiger partial charge in [-0.2, -0.15) is 4.31 Å². The van der Waals surface area contributed by atoms with Crippen LogP contribution in [0.1, 0.15) is 20.3 Å². The van der Waals surface area contributed by atoms with E-state index >= 15 is 0 Å². The molecule has 0 aliphatic carbocycles. The van der Waals surface area contributed by atoms with Gasteiger partial charge in [-0.05, 0) is 37.6 Å². The van der Waals surface area contributed by atoms with Crippen LogP contribution in [0.3, 0.4) is 0 Å². The number of nitrogens with zero attached hydrogens (tertiary/aromatic N) is 2. The van der Waals surface area contributed by atoms with Gasteiger partial charge in [0.05, 0.1) is 4.90 Å². The number of hydrogen-bond donors (Lipinski definition) is 0. The lowest BCUT2D eigenvalue weighted by atomic mass is 10.2.